The topological polar surface area (TPSA) is 75.3 Å². The summed E-state index contributed by atoms with van der Waals surface area (Å²) in [7, 11) is 0. The summed E-state index contributed by atoms with van der Waals surface area (Å²) < 4.78 is 26.1. The van der Waals surface area contributed by atoms with Crippen molar-refractivity contribution in [3.63, 3.8) is 0 Å². The molecule has 0 radical (unpaired) electrons. The van der Waals surface area contributed by atoms with Crippen molar-refractivity contribution >= 4 is 27.6 Å². The van der Waals surface area contributed by atoms with Gasteiger partial charge in [-0.05, 0) is 22.0 Å². The van der Waals surface area contributed by atoms with Gasteiger partial charge < -0.3 is 16.2 Å². The molecule has 0 spiro atoms. The van der Waals surface area contributed by atoms with Gasteiger partial charge in [0.25, 0.3) is 0 Å². The summed E-state index contributed by atoms with van der Waals surface area (Å²) in [5.74, 6) is -2.74. The lowest BCUT2D eigenvalue weighted by molar-refractivity contribution is -0.138. The van der Waals surface area contributed by atoms with Gasteiger partial charge in [0, 0.05) is 17.1 Å². The lowest BCUT2D eigenvalue weighted by atomic mass is 10.2. The fourth-order valence-corrected chi connectivity index (χ4v) is 1.56. The minimum absolute atomic E-state index is 0.0156. The maximum absolute atomic E-state index is 13.2. The van der Waals surface area contributed by atoms with Crippen LogP contribution in [0.1, 0.15) is 0 Å². The van der Waals surface area contributed by atoms with Crippen LogP contribution in [0.2, 0.25) is 0 Å². The minimum Gasteiger partial charge on any atom is -0.480 e. The van der Waals surface area contributed by atoms with Crippen LogP contribution in [-0.4, -0.2) is 23.7 Å². The third-order valence-corrected chi connectivity index (χ3v) is 2.45. The summed E-state index contributed by atoms with van der Waals surface area (Å²) in [5.41, 5.74) is 5.20. The zero-order valence-electron chi connectivity index (χ0n) is 8.01. The molecule has 1 unspecified atom stereocenters. The van der Waals surface area contributed by atoms with Crippen LogP contribution in [0, 0.1) is 11.6 Å². The van der Waals surface area contributed by atoms with Crippen molar-refractivity contribution in [3.8, 4) is 0 Å². The van der Waals surface area contributed by atoms with Gasteiger partial charge in [0.15, 0.2) is 0 Å². The molecule has 1 atom stereocenters. The predicted molar refractivity (Wildman–Crippen MR) is 58.2 cm³/mol. The van der Waals surface area contributed by atoms with Gasteiger partial charge in [0.2, 0.25) is 0 Å². The Hall–Kier alpha value is -1.21. The number of carboxylic acids is 1. The van der Waals surface area contributed by atoms with Gasteiger partial charge in [-0.15, -0.1) is 0 Å². The lowest BCUT2D eigenvalue weighted by Crippen LogP contribution is -2.37. The number of anilines is 1. The fraction of sp³-hybridized carbons (Fsp3) is 0.222. The van der Waals surface area contributed by atoms with Crippen LogP contribution in [0.25, 0.3) is 0 Å². The van der Waals surface area contributed by atoms with Crippen LogP contribution in [-0.2, 0) is 4.79 Å². The number of aliphatic carboxylic acids is 1. The number of nitrogens with two attached hydrogens (primary N) is 1. The molecule has 0 aliphatic heterocycles. The Balaban J connectivity index is 2.78. The zero-order valence-corrected chi connectivity index (χ0v) is 9.59. The van der Waals surface area contributed by atoms with E-state index in [1.165, 1.54) is 0 Å². The molecular weight excluding hydrogens is 286 g/mol. The molecule has 0 fully saturated rings. The van der Waals surface area contributed by atoms with E-state index in [0.717, 1.165) is 6.07 Å². The average molecular weight is 295 g/mol. The third-order valence-electron chi connectivity index (χ3n) is 1.82. The molecule has 7 heteroatoms. The zero-order chi connectivity index (χ0) is 12.3. The molecule has 0 amide bonds. The maximum atomic E-state index is 13.2. The van der Waals surface area contributed by atoms with Crippen molar-refractivity contribution in [1.82, 2.24) is 0 Å². The first-order valence-corrected chi connectivity index (χ1v) is 5.08. The minimum atomic E-state index is -1.20. The van der Waals surface area contributed by atoms with Crippen LogP contribution in [0.4, 0.5) is 14.5 Å². The number of rotatable bonds is 4. The van der Waals surface area contributed by atoms with E-state index in [-0.39, 0.29) is 16.7 Å². The summed E-state index contributed by atoms with van der Waals surface area (Å²) in [6, 6.07) is 0.605. The Bertz CT molecular complexity index is 391. The Morgan fingerprint density at radius 2 is 2.19 bits per heavy atom. The smallest absolute Gasteiger partial charge is 0.322 e. The van der Waals surface area contributed by atoms with Crippen molar-refractivity contribution in [2.75, 3.05) is 11.9 Å². The maximum Gasteiger partial charge on any atom is 0.322 e. The van der Waals surface area contributed by atoms with Gasteiger partial charge >= 0.3 is 5.97 Å². The number of carbonyl (C=O) groups is 1. The molecule has 4 N–H and O–H groups in total. The van der Waals surface area contributed by atoms with E-state index in [2.05, 4.69) is 21.2 Å². The molecule has 1 aromatic carbocycles. The molecule has 0 aliphatic rings. The van der Waals surface area contributed by atoms with Gasteiger partial charge in [-0.25, -0.2) is 8.78 Å². The van der Waals surface area contributed by atoms with Crippen LogP contribution < -0.4 is 11.1 Å². The Labute approximate surface area is 98.6 Å². The highest BCUT2D eigenvalue weighted by atomic mass is 79.9. The van der Waals surface area contributed by atoms with Gasteiger partial charge in [0.05, 0.1) is 5.69 Å². The first-order valence-electron chi connectivity index (χ1n) is 4.28. The Morgan fingerprint density at radius 3 is 2.69 bits per heavy atom. The van der Waals surface area contributed by atoms with E-state index in [4.69, 9.17) is 10.8 Å². The number of benzene rings is 1. The molecule has 0 aliphatic carbocycles. The first kappa shape index (κ1) is 12.9. The molecule has 1 rings (SSSR count). The molecular formula is C9H9BrF2N2O2. The van der Waals surface area contributed by atoms with Crippen molar-refractivity contribution in [2.45, 2.75) is 6.04 Å². The summed E-state index contributed by atoms with van der Waals surface area (Å²) in [5, 5.41) is 11.0. The number of hydrogen-bond donors (Lipinski definition) is 3. The molecule has 0 heterocycles. The first-order chi connectivity index (χ1) is 7.41. The standard InChI is InChI=1S/C9H9BrF2N2O2/c10-5-1-4(11)2-6(12)8(5)14-3-7(13)9(15)16/h1-2,7,14H,3,13H2,(H,15,16). The second-order valence-electron chi connectivity index (χ2n) is 3.07. The molecule has 16 heavy (non-hydrogen) atoms. The van der Waals surface area contributed by atoms with E-state index in [1.807, 2.05) is 0 Å². The van der Waals surface area contributed by atoms with Gasteiger partial charge in [-0.1, -0.05) is 0 Å². The molecule has 88 valence electrons. The highest BCUT2D eigenvalue weighted by Gasteiger charge is 2.14. The lowest BCUT2D eigenvalue weighted by Gasteiger charge is -2.12. The molecule has 1 aromatic rings. The summed E-state index contributed by atoms with van der Waals surface area (Å²) in [6.07, 6.45) is 0. The highest BCUT2D eigenvalue weighted by Crippen LogP contribution is 2.26. The molecule has 0 saturated carbocycles. The van der Waals surface area contributed by atoms with Crippen LogP contribution in [0.5, 0.6) is 0 Å². The average Bonchev–Trinajstić information content (AvgIpc) is 2.15. The van der Waals surface area contributed by atoms with E-state index in [9.17, 15) is 13.6 Å². The summed E-state index contributed by atoms with van der Waals surface area (Å²) >= 11 is 2.95. The van der Waals surface area contributed by atoms with Crippen LogP contribution in [0.3, 0.4) is 0 Å². The number of halogens is 3. The Kier molecular flexibility index (Phi) is 4.19. The van der Waals surface area contributed by atoms with Crippen LogP contribution in [0.15, 0.2) is 16.6 Å². The number of nitrogens with one attached hydrogen (secondary N) is 1. The van der Waals surface area contributed by atoms with Gasteiger partial charge in [0.1, 0.15) is 17.7 Å². The summed E-state index contributed by atoms with van der Waals surface area (Å²) in [4.78, 5) is 10.4. The van der Waals surface area contributed by atoms with E-state index < -0.39 is 23.6 Å². The van der Waals surface area contributed by atoms with Crippen LogP contribution >= 0.6 is 15.9 Å². The number of carboxylic acid groups (broad SMARTS) is 1. The largest absolute Gasteiger partial charge is 0.480 e. The van der Waals surface area contributed by atoms with Gasteiger partial charge in [-0.2, -0.15) is 0 Å². The van der Waals surface area contributed by atoms with Crippen molar-refractivity contribution in [3.05, 3.63) is 28.2 Å². The predicted octanol–water partition coefficient (Wildman–Crippen LogP) is 1.55. The Morgan fingerprint density at radius 1 is 1.56 bits per heavy atom. The van der Waals surface area contributed by atoms with Crippen molar-refractivity contribution in [1.29, 1.82) is 0 Å². The highest BCUT2D eigenvalue weighted by molar-refractivity contribution is 9.10. The SMILES string of the molecule is NC(CNc1c(F)cc(F)cc1Br)C(=O)O. The van der Waals surface area contributed by atoms with Crippen molar-refractivity contribution < 1.29 is 18.7 Å². The van der Waals surface area contributed by atoms with Crippen molar-refractivity contribution in [2.24, 2.45) is 5.73 Å². The molecule has 0 aromatic heterocycles. The van der Waals surface area contributed by atoms with E-state index >= 15 is 0 Å². The second kappa shape index (κ2) is 5.22. The normalized spacial score (nSPS) is 12.2. The molecule has 0 bridgehead atoms. The fourth-order valence-electron chi connectivity index (χ4n) is 1.01. The molecule has 0 saturated heterocycles. The number of hydrogen-bond acceptors (Lipinski definition) is 3. The monoisotopic (exact) mass is 294 g/mol. The summed E-state index contributed by atoms with van der Waals surface area (Å²) in [6.45, 7) is -0.156. The quantitative estimate of drug-likeness (QED) is 0.788. The van der Waals surface area contributed by atoms with Gasteiger partial charge in [-0.3, -0.25) is 4.79 Å². The second-order valence-corrected chi connectivity index (χ2v) is 3.92. The van der Waals surface area contributed by atoms with E-state index in [1.54, 1.807) is 0 Å². The molecule has 4 nitrogen and oxygen atoms in total. The third kappa shape index (κ3) is 3.14. The van der Waals surface area contributed by atoms with E-state index in [0.29, 0.717) is 6.07 Å².